The zero-order chi connectivity index (χ0) is 13.9. The van der Waals surface area contributed by atoms with Gasteiger partial charge in [0.05, 0.1) is 11.3 Å². The molecule has 0 spiro atoms. The van der Waals surface area contributed by atoms with Crippen molar-refractivity contribution in [2.24, 2.45) is 0 Å². The minimum Gasteiger partial charge on any atom is -0.397 e. The van der Waals surface area contributed by atoms with Gasteiger partial charge in [0.1, 0.15) is 5.69 Å². The number of methoxy groups -OCH3 is 1. The Morgan fingerprint density at radius 2 is 2.17 bits per heavy atom. The first-order valence-corrected chi connectivity index (χ1v) is 6.07. The highest BCUT2D eigenvalue weighted by Crippen LogP contribution is 2.16. The van der Waals surface area contributed by atoms with Gasteiger partial charge in [-0.05, 0) is 33.8 Å². The lowest BCUT2D eigenvalue weighted by Crippen LogP contribution is -2.40. The maximum absolute atomic E-state index is 12.1. The number of carbonyl (C=O) groups excluding carboxylic acids is 1. The van der Waals surface area contributed by atoms with Gasteiger partial charge in [0.15, 0.2) is 0 Å². The van der Waals surface area contributed by atoms with Crippen LogP contribution in [0.2, 0.25) is 0 Å². The minimum absolute atomic E-state index is 0.134. The third-order valence-electron chi connectivity index (χ3n) is 2.89. The number of carbonyl (C=O) groups is 1. The summed E-state index contributed by atoms with van der Waals surface area (Å²) >= 11 is 0. The van der Waals surface area contributed by atoms with Crippen LogP contribution in [0.15, 0.2) is 12.3 Å². The molecule has 0 bridgehead atoms. The largest absolute Gasteiger partial charge is 0.397 e. The molecule has 5 nitrogen and oxygen atoms in total. The minimum atomic E-state index is -0.379. The Hall–Kier alpha value is -1.49. The Bertz CT molecular complexity index is 422. The summed E-state index contributed by atoms with van der Waals surface area (Å²) in [6, 6.07) is 1.88. The van der Waals surface area contributed by atoms with E-state index in [4.69, 9.17) is 10.5 Å². The molecule has 0 saturated heterocycles. The smallest absolute Gasteiger partial charge is 0.268 e. The molecule has 0 aromatic carbocycles. The Balaban J connectivity index is 2.79. The highest BCUT2D eigenvalue weighted by atomic mass is 16.5. The molecule has 1 rings (SSSR count). The van der Waals surface area contributed by atoms with Gasteiger partial charge in [-0.15, -0.1) is 0 Å². The molecule has 102 valence electrons. The number of nitrogens with zero attached hydrogens (tertiary/aromatic N) is 1. The molecule has 0 aliphatic heterocycles. The van der Waals surface area contributed by atoms with E-state index in [0.717, 1.165) is 0 Å². The number of nitrogens with one attached hydrogen (secondary N) is 1. The normalized spacial score (nSPS) is 11.9. The Kier molecular flexibility index (Phi) is 4.40. The summed E-state index contributed by atoms with van der Waals surface area (Å²) in [5, 5.41) is 2.86. The fourth-order valence-electron chi connectivity index (χ4n) is 1.57. The molecule has 0 radical (unpaired) electrons. The third-order valence-corrected chi connectivity index (χ3v) is 2.89. The van der Waals surface area contributed by atoms with Gasteiger partial charge in [-0.3, -0.25) is 4.79 Å². The van der Waals surface area contributed by atoms with Crippen molar-refractivity contribution in [3.05, 3.63) is 18.0 Å². The van der Waals surface area contributed by atoms with Crippen LogP contribution in [0.25, 0.3) is 0 Å². The highest BCUT2D eigenvalue weighted by molar-refractivity contribution is 5.93. The maximum atomic E-state index is 12.1. The number of hydrogen-bond donors (Lipinski definition) is 2. The van der Waals surface area contributed by atoms with Crippen molar-refractivity contribution in [1.82, 2.24) is 9.88 Å². The van der Waals surface area contributed by atoms with Crippen molar-refractivity contribution in [2.75, 3.05) is 19.4 Å². The number of hydrogen-bond acceptors (Lipinski definition) is 3. The molecule has 18 heavy (non-hydrogen) atoms. The number of anilines is 1. The molecular weight excluding hydrogens is 230 g/mol. The van der Waals surface area contributed by atoms with Crippen LogP contribution in [0.4, 0.5) is 5.69 Å². The van der Waals surface area contributed by atoms with Crippen LogP contribution in [0.5, 0.6) is 0 Å². The number of nitrogen functional groups attached to an aromatic ring is 1. The zero-order valence-electron chi connectivity index (χ0n) is 11.8. The number of ether oxygens (including phenoxy) is 1. The quantitative estimate of drug-likeness (QED) is 0.840. The van der Waals surface area contributed by atoms with Gasteiger partial charge in [-0.2, -0.15) is 0 Å². The van der Waals surface area contributed by atoms with Crippen LogP contribution in [0.3, 0.4) is 0 Å². The van der Waals surface area contributed by atoms with Crippen LogP contribution < -0.4 is 11.1 Å². The molecule has 0 atom stereocenters. The maximum Gasteiger partial charge on any atom is 0.268 e. The second-order valence-electron chi connectivity index (χ2n) is 5.31. The SMILES string of the molecule is COC(C)(C)CNC(=O)c1cc(N)cn1C(C)C. The summed E-state index contributed by atoms with van der Waals surface area (Å²) in [4.78, 5) is 12.1. The van der Waals surface area contributed by atoms with E-state index in [1.54, 1.807) is 19.4 Å². The first-order valence-electron chi connectivity index (χ1n) is 6.07. The van der Waals surface area contributed by atoms with Gasteiger partial charge in [0.2, 0.25) is 0 Å². The van der Waals surface area contributed by atoms with E-state index in [1.165, 1.54) is 0 Å². The average Bonchev–Trinajstić information content (AvgIpc) is 2.68. The fourth-order valence-corrected chi connectivity index (χ4v) is 1.57. The summed E-state index contributed by atoms with van der Waals surface area (Å²) in [7, 11) is 1.63. The lowest BCUT2D eigenvalue weighted by molar-refractivity contribution is 0.0227. The monoisotopic (exact) mass is 253 g/mol. The molecule has 1 heterocycles. The van der Waals surface area contributed by atoms with Gasteiger partial charge in [0.25, 0.3) is 5.91 Å². The van der Waals surface area contributed by atoms with Crippen LogP contribution in [0.1, 0.15) is 44.2 Å². The third kappa shape index (κ3) is 3.50. The van der Waals surface area contributed by atoms with Crippen LogP contribution in [-0.4, -0.2) is 29.7 Å². The first kappa shape index (κ1) is 14.6. The van der Waals surface area contributed by atoms with Crippen molar-refractivity contribution in [2.45, 2.75) is 39.3 Å². The van der Waals surface area contributed by atoms with Crippen LogP contribution in [0, 0.1) is 0 Å². The van der Waals surface area contributed by atoms with Crippen molar-refractivity contribution in [3.63, 3.8) is 0 Å². The molecule has 0 unspecified atom stereocenters. The zero-order valence-corrected chi connectivity index (χ0v) is 11.8. The molecular formula is C13H23N3O2. The van der Waals surface area contributed by atoms with Gasteiger partial charge in [0, 0.05) is 25.9 Å². The Morgan fingerprint density at radius 3 is 2.67 bits per heavy atom. The molecule has 1 amide bonds. The molecule has 0 aliphatic rings. The Morgan fingerprint density at radius 1 is 1.56 bits per heavy atom. The number of amides is 1. The lowest BCUT2D eigenvalue weighted by Gasteiger charge is -2.23. The summed E-state index contributed by atoms with van der Waals surface area (Å²) in [5.41, 5.74) is 6.53. The van der Waals surface area contributed by atoms with E-state index < -0.39 is 0 Å². The van der Waals surface area contributed by atoms with Gasteiger partial charge >= 0.3 is 0 Å². The van der Waals surface area contributed by atoms with Gasteiger partial charge in [-0.25, -0.2) is 0 Å². The second kappa shape index (κ2) is 5.44. The van der Waals surface area contributed by atoms with E-state index >= 15 is 0 Å². The molecule has 0 saturated carbocycles. The highest BCUT2D eigenvalue weighted by Gasteiger charge is 2.20. The summed E-state index contributed by atoms with van der Waals surface area (Å²) in [6.45, 7) is 8.31. The molecule has 5 heteroatoms. The summed E-state index contributed by atoms with van der Waals surface area (Å²) in [5.74, 6) is -0.134. The van der Waals surface area contributed by atoms with E-state index in [1.807, 2.05) is 32.3 Å². The molecule has 1 aromatic rings. The number of aromatic nitrogens is 1. The van der Waals surface area contributed by atoms with E-state index in [2.05, 4.69) is 5.32 Å². The van der Waals surface area contributed by atoms with Crippen molar-refractivity contribution in [1.29, 1.82) is 0 Å². The summed E-state index contributed by atoms with van der Waals surface area (Å²) < 4.78 is 7.13. The lowest BCUT2D eigenvalue weighted by atomic mass is 10.1. The van der Waals surface area contributed by atoms with Crippen molar-refractivity contribution >= 4 is 11.6 Å². The van der Waals surface area contributed by atoms with E-state index in [0.29, 0.717) is 17.9 Å². The number of nitrogens with two attached hydrogens (primary N) is 1. The number of rotatable bonds is 5. The van der Waals surface area contributed by atoms with Crippen LogP contribution >= 0.6 is 0 Å². The molecule has 3 N–H and O–H groups in total. The first-order chi connectivity index (χ1) is 8.26. The standard InChI is InChI=1S/C13H23N3O2/c1-9(2)16-7-10(14)6-11(16)12(17)15-8-13(3,4)18-5/h6-7,9H,8,14H2,1-5H3,(H,15,17). The van der Waals surface area contributed by atoms with Crippen LogP contribution in [-0.2, 0) is 4.74 Å². The topological polar surface area (TPSA) is 69.3 Å². The van der Waals surface area contributed by atoms with E-state index in [9.17, 15) is 4.79 Å². The molecule has 0 fully saturated rings. The van der Waals surface area contributed by atoms with Crippen molar-refractivity contribution < 1.29 is 9.53 Å². The van der Waals surface area contributed by atoms with E-state index in [-0.39, 0.29) is 17.6 Å². The average molecular weight is 253 g/mol. The predicted octanol–water partition coefficient (Wildman–Crippen LogP) is 1.81. The predicted molar refractivity (Wildman–Crippen MR) is 72.7 cm³/mol. The molecule has 0 aliphatic carbocycles. The molecule has 1 aromatic heterocycles. The van der Waals surface area contributed by atoms with Gasteiger partial charge in [-0.1, -0.05) is 0 Å². The second-order valence-corrected chi connectivity index (χ2v) is 5.31. The van der Waals surface area contributed by atoms with Gasteiger partial charge < -0.3 is 20.4 Å². The Labute approximate surface area is 108 Å². The summed E-state index contributed by atoms with van der Waals surface area (Å²) in [6.07, 6.45) is 1.78. The fraction of sp³-hybridized carbons (Fsp3) is 0.615. The van der Waals surface area contributed by atoms with Crippen molar-refractivity contribution in [3.8, 4) is 0 Å².